The summed E-state index contributed by atoms with van der Waals surface area (Å²) in [6.45, 7) is 3.52. The van der Waals surface area contributed by atoms with Crippen molar-refractivity contribution in [3.8, 4) is 17.6 Å². The van der Waals surface area contributed by atoms with Crippen LogP contribution in [0.3, 0.4) is 0 Å². The third-order valence-corrected chi connectivity index (χ3v) is 3.00. The Bertz CT molecular complexity index is 547. The summed E-state index contributed by atoms with van der Waals surface area (Å²) in [5.74, 6) is 1.14. The van der Waals surface area contributed by atoms with Crippen LogP contribution in [-0.2, 0) is 4.79 Å². The van der Waals surface area contributed by atoms with Gasteiger partial charge in [-0.1, -0.05) is 13.3 Å². The van der Waals surface area contributed by atoms with E-state index in [9.17, 15) is 4.79 Å². The largest absolute Gasteiger partial charge is 0.497 e. The van der Waals surface area contributed by atoms with Crippen molar-refractivity contribution in [3.63, 3.8) is 0 Å². The molecule has 1 amide bonds. The Morgan fingerprint density at radius 2 is 1.96 bits per heavy atom. The average molecular weight is 317 g/mol. The number of carbonyl (C=O) groups excluding carboxylic acids is 1. The van der Waals surface area contributed by atoms with Gasteiger partial charge >= 0.3 is 0 Å². The highest BCUT2D eigenvalue weighted by molar-refractivity contribution is 5.97. The first kappa shape index (κ1) is 18.4. The molecule has 0 aliphatic carbocycles. The van der Waals surface area contributed by atoms with Gasteiger partial charge in [0.1, 0.15) is 29.7 Å². The number of hydrogen-bond acceptors (Lipinski definition) is 5. The molecule has 1 aromatic rings. The summed E-state index contributed by atoms with van der Waals surface area (Å²) in [6, 6.07) is 9.15. The fraction of sp³-hybridized carbons (Fsp3) is 0.412. The smallest absolute Gasteiger partial charge is 0.263 e. The van der Waals surface area contributed by atoms with Crippen molar-refractivity contribution < 1.29 is 14.3 Å². The fourth-order valence-electron chi connectivity index (χ4n) is 1.70. The highest BCUT2D eigenvalue weighted by Crippen LogP contribution is 2.16. The quantitative estimate of drug-likeness (QED) is 0.392. The highest BCUT2D eigenvalue weighted by Gasteiger charge is 2.07. The maximum atomic E-state index is 11.7. The van der Waals surface area contributed by atoms with E-state index in [1.54, 1.807) is 7.11 Å². The van der Waals surface area contributed by atoms with Crippen LogP contribution >= 0.6 is 0 Å². The Labute approximate surface area is 137 Å². The second-order valence-electron chi connectivity index (χ2n) is 4.76. The molecule has 23 heavy (non-hydrogen) atoms. The molecule has 0 radical (unpaired) electrons. The summed E-state index contributed by atoms with van der Waals surface area (Å²) in [4.78, 5) is 11.7. The van der Waals surface area contributed by atoms with Gasteiger partial charge in [0.25, 0.3) is 5.91 Å². The van der Waals surface area contributed by atoms with Crippen LogP contribution in [0, 0.1) is 11.3 Å². The summed E-state index contributed by atoms with van der Waals surface area (Å²) < 4.78 is 10.6. The molecule has 0 atom stereocenters. The van der Waals surface area contributed by atoms with Gasteiger partial charge in [-0.05, 0) is 30.7 Å². The molecule has 0 saturated heterocycles. The number of carbonyl (C=O) groups is 1. The third kappa shape index (κ3) is 7.23. The minimum Gasteiger partial charge on any atom is -0.497 e. The highest BCUT2D eigenvalue weighted by atomic mass is 16.5. The number of rotatable bonds is 10. The van der Waals surface area contributed by atoms with E-state index in [0.717, 1.165) is 24.3 Å². The number of benzene rings is 1. The van der Waals surface area contributed by atoms with Crippen molar-refractivity contribution >= 4 is 5.91 Å². The summed E-state index contributed by atoms with van der Waals surface area (Å²) >= 11 is 0. The number of ether oxygens (including phenoxy) is 2. The minimum atomic E-state index is -0.357. The summed E-state index contributed by atoms with van der Waals surface area (Å²) in [6.07, 6.45) is 3.30. The van der Waals surface area contributed by atoms with Gasteiger partial charge in [-0.15, -0.1) is 0 Å². The molecule has 0 aromatic heterocycles. The van der Waals surface area contributed by atoms with E-state index in [1.807, 2.05) is 37.3 Å². The molecule has 0 bridgehead atoms. The van der Waals surface area contributed by atoms with Crippen LogP contribution in [0.2, 0.25) is 0 Å². The molecule has 0 aliphatic heterocycles. The number of unbranched alkanes of at least 4 members (excludes halogenated alkanes) is 1. The van der Waals surface area contributed by atoms with Crippen molar-refractivity contribution in [2.75, 3.05) is 26.8 Å². The first-order valence-electron chi connectivity index (χ1n) is 7.60. The minimum absolute atomic E-state index is 0.0607. The maximum Gasteiger partial charge on any atom is 0.263 e. The zero-order valence-electron chi connectivity index (χ0n) is 13.6. The van der Waals surface area contributed by atoms with E-state index in [4.69, 9.17) is 14.7 Å². The second-order valence-corrected chi connectivity index (χ2v) is 4.76. The molecule has 6 nitrogen and oxygen atoms in total. The van der Waals surface area contributed by atoms with Crippen LogP contribution < -0.4 is 20.1 Å². The van der Waals surface area contributed by atoms with Gasteiger partial charge in [-0.25, -0.2) is 0 Å². The number of methoxy groups -OCH3 is 1. The van der Waals surface area contributed by atoms with E-state index in [0.29, 0.717) is 19.7 Å². The Balaban J connectivity index is 2.30. The van der Waals surface area contributed by atoms with E-state index in [2.05, 4.69) is 10.6 Å². The predicted molar refractivity (Wildman–Crippen MR) is 88.1 cm³/mol. The molecule has 0 spiro atoms. The molecule has 1 rings (SSSR count). The van der Waals surface area contributed by atoms with E-state index >= 15 is 0 Å². The summed E-state index contributed by atoms with van der Waals surface area (Å²) in [7, 11) is 1.61. The SMILES string of the molecule is CCCCNC(=O)/C(C#N)=C\NCCOc1ccc(OC)cc1. The van der Waals surface area contributed by atoms with Crippen LogP contribution in [-0.4, -0.2) is 32.7 Å². The van der Waals surface area contributed by atoms with Gasteiger partial charge in [-0.2, -0.15) is 5.26 Å². The fourth-order valence-corrected chi connectivity index (χ4v) is 1.70. The van der Waals surface area contributed by atoms with Crippen molar-refractivity contribution in [2.24, 2.45) is 0 Å². The van der Waals surface area contributed by atoms with Crippen LogP contribution in [0.25, 0.3) is 0 Å². The van der Waals surface area contributed by atoms with Gasteiger partial charge < -0.3 is 20.1 Å². The Morgan fingerprint density at radius 3 is 2.57 bits per heavy atom. The molecule has 0 fully saturated rings. The zero-order chi connectivity index (χ0) is 16.9. The maximum absolute atomic E-state index is 11.7. The van der Waals surface area contributed by atoms with Gasteiger partial charge in [-0.3, -0.25) is 4.79 Å². The molecule has 0 heterocycles. The standard InChI is InChI=1S/C17H23N3O3/c1-3-4-9-20-17(21)14(12-18)13-19-10-11-23-16-7-5-15(22-2)6-8-16/h5-8,13,19H,3-4,9-11H2,1-2H3,(H,20,21)/b14-13-. The lowest BCUT2D eigenvalue weighted by molar-refractivity contribution is -0.117. The summed E-state index contributed by atoms with van der Waals surface area (Å²) in [5, 5.41) is 14.6. The molecule has 0 unspecified atom stereocenters. The van der Waals surface area contributed by atoms with Gasteiger partial charge in [0, 0.05) is 19.3 Å². The van der Waals surface area contributed by atoms with Gasteiger partial charge in [0.2, 0.25) is 0 Å². The number of nitriles is 1. The normalized spacial score (nSPS) is 10.6. The molecule has 0 saturated carbocycles. The monoisotopic (exact) mass is 317 g/mol. The van der Waals surface area contributed by atoms with Crippen molar-refractivity contribution in [1.29, 1.82) is 5.26 Å². The molecule has 1 aromatic carbocycles. The molecule has 0 aliphatic rings. The zero-order valence-corrected chi connectivity index (χ0v) is 13.6. The van der Waals surface area contributed by atoms with E-state index < -0.39 is 0 Å². The van der Waals surface area contributed by atoms with Crippen LogP contribution in [0.4, 0.5) is 0 Å². The lowest BCUT2D eigenvalue weighted by Gasteiger charge is -2.07. The number of nitrogens with zero attached hydrogens (tertiary/aromatic N) is 1. The molecular weight excluding hydrogens is 294 g/mol. The second kappa shape index (κ2) is 11.0. The predicted octanol–water partition coefficient (Wildman–Crippen LogP) is 1.99. The molecule has 124 valence electrons. The van der Waals surface area contributed by atoms with Crippen LogP contribution in [0.15, 0.2) is 36.0 Å². The lowest BCUT2D eigenvalue weighted by atomic mass is 10.3. The topological polar surface area (TPSA) is 83.4 Å². The number of nitrogens with one attached hydrogen (secondary N) is 2. The Kier molecular flexibility index (Phi) is 8.76. The molecular formula is C17H23N3O3. The lowest BCUT2D eigenvalue weighted by Crippen LogP contribution is -2.27. The Hall–Kier alpha value is -2.68. The summed E-state index contributed by atoms with van der Waals surface area (Å²) in [5.41, 5.74) is 0.0607. The van der Waals surface area contributed by atoms with E-state index in [-0.39, 0.29) is 11.5 Å². The first-order chi connectivity index (χ1) is 11.2. The Morgan fingerprint density at radius 1 is 1.26 bits per heavy atom. The average Bonchev–Trinajstić information content (AvgIpc) is 2.58. The van der Waals surface area contributed by atoms with Crippen LogP contribution in [0.1, 0.15) is 19.8 Å². The van der Waals surface area contributed by atoms with E-state index in [1.165, 1.54) is 6.20 Å². The molecule has 6 heteroatoms. The number of hydrogen-bond donors (Lipinski definition) is 2. The van der Waals surface area contributed by atoms with Gasteiger partial charge in [0.05, 0.1) is 7.11 Å². The van der Waals surface area contributed by atoms with Crippen molar-refractivity contribution in [1.82, 2.24) is 10.6 Å². The van der Waals surface area contributed by atoms with Gasteiger partial charge in [0.15, 0.2) is 0 Å². The first-order valence-corrected chi connectivity index (χ1v) is 7.60. The van der Waals surface area contributed by atoms with Crippen LogP contribution in [0.5, 0.6) is 11.5 Å². The molecule has 2 N–H and O–H groups in total. The van der Waals surface area contributed by atoms with Crippen molar-refractivity contribution in [3.05, 3.63) is 36.0 Å². The van der Waals surface area contributed by atoms with Crippen molar-refractivity contribution in [2.45, 2.75) is 19.8 Å². The third-order valence-electron chi connectivity index (χ3n) is 3.00. The number of amides is 1.